The molecule has 0 aliphatic carbocycles. The first-order chi connectivity index (χ1) is 11.7. The highest BCUT2D eigenvalue weighted by Gasteiger charge is 2.24. The number of nitrogens with zero attached hydrogens (tertiary/aromatic N) is 2. The van der Waals surface area contributed by atoms with Crippen LogP contribution >= 0.6 is 11.3 Å². The van der Waals surface area contributed by atoms with Crippen molar-refractivity contribution in [2.24, 2.45) is 0 Å². The fraction of sp³-hybridized carbons (Fsp3) is 0.105. The Bertz CT molecular complexity index is 879. The number of carbonyl (C=O) groups is 1. The predicted octanol–water partition coefficient (Wildman–Crippen LogP) is 4.36. The molecule has 1 atom stereocenters. The zero-order valence-corrected chi connectivity index (χ0v) is 13.9. The van der Waals surface area contributed by atoms with E-state index in [1.165, 1.54) is 16.9 Å². The predicted molar refractivity (Wildman–Crippen MR) is 95.7 cm³/mol. The lowest BCUT2D eigenvalue weighted by Gasteiger charge is -2.07. The van der Waals surface area contributed by atoms with E-state index in [-0.39, 0.29) is 5.91 Å². The Labute approximate surface area is 144 Å². The van der Waals surface area contributed by atoms with Crippen molar-refractivity contribution in [2.45, 2.75) is 12.8 Å². The van der Waals surface area contributed by atoms with Gasteiger partial charge in [0.25, 0.3) is 0 Å². The Kier molecular flexibility index (Phi) is 4.69. The third-order valence-corrected chi connectivity index (χ3v) is 4.46. The van der Waals surface area contributed by atoms with Gasteiger partial charge in [-0.05, 0) is 19.1 Å². The summed E-state index contributed by atoms with van der Waals surface area (Å²) >= 11 is 1.33. The Balaban J connectivity index is 1.80. The molecule has 24 heavy (non-hydrogen) atoms. The van der Waals surface area contributed by atoms with E-state index in [2.05, 4.69) is 10.3 Å². The van der Waals surface area contributed by atoms with Crippen LogP contribution in [0.2, 0.25) is 0 Å². The van der Waals surface area contributed by atoms with Crippen LogP contribution in [0.1, 0.15) is 16.5 Å². The minimum Gasteiger partial charge on any atom is -0.325 e. The Hall–Kier alpha value is -2.97. The molecule has 4 nitrogen and oxygen atoms in total. The number of rotatable bonds is 4. The van der Waals surface area contributed by atoms with Crippen molar-refractivity contribution in [3.05, 3.63) is 70.5 Å². The van der Waals surface area contributed by atoms with Gasteiger partial charge in [-0.15, -0.1) is 11.3 Å². The fourth-order valence-electron chi connectivity index (χ4n) is 2.24. The molecule has 0 radical (unpaired) electrons. The molecule has 0 bridgehead atoms. The second kappa shape index (κ2) is 7.07. The van der Waals surface area contributed by atoms with E-state index < -0.39 is 5.92 Å². The molecule has 0 spiro atoms. The van der Waals surface area contributed by atoms with E-state index >= 15 is 0 Å². The number of para-hydroxylation sites is 1. The maximum absolute atomic E-state index is 12.4. The van der Waals surface area contributed by atoms with Gasteiger partial charge >= 0.3 is 0 Å². The number of benzene rings is 2. The molecule has 3 aromatic rings. The molecular weight excluding hydrogens is 318 g/mol. The minimum atomic E-state index is -0.922. The van der Waals surface area contributed by atoms with Crippen LogP contribution in [-0.4, -0.2) is 10.9 Å². The third kappa shape index (κ3) is 3.50. The van der Waals surface area contributed by atoms with Gasteiger partial charge in [0, 0.05) is 16.6 Å². The zero-order valence-electron chi connectivity index (χ0n) is 13.1. The third-order valence-electron chi connectivity index (χ3n) is 3.55. The molecule has 0 saturated heterocycles. The maximum atomic E-state index is 12.4. The van der Waals surface area contributed by atoms with Crippen LogP contribution in [0.4, 0.5) is 5.69 Å². The molecule has 0 saturated carbocycles. The number of hydrogen-bond donors (Lipinski definition) is 1. The van der Waals surface area contributed by atoms with Gasteiger partial charge in [0.1, 0.15) is 5.01 Å². The highest BCUT2D eigenvalue weighted by atomic mass is 32.1. The molecule has 1 amide bonds. The first-order valence-corrected chi connectivity index (χ1v) is 8.33. The van der Waals surface area contributed by atoms with Gasteiger partial charge in [-0.25, -0.2) is 4.98 Å². The normalized spacial score (nSPS) is 11.5. The van der Waals surface area contributed by atoms with Crippen LogP contribution in [0, 0.1) is 18.3 Å². The van der Waals surface area contributed by atoms with Gasteiger partial charge in [0.2, 0.25) is 5.91 Å². The number of carbonyl (C=O) groups excluding carboxylic acids is 1. The number of nitrogens with one attached hydrogen (secondary N) is 1. The number of aryl methyl sites for hydroxylation is 1. The molecule has 1 heterocycles. The second-order valence-corrected chi connectivity index (χ2v) is 6.24. The molecule has 118 valence electrons. The van der Waals surface area contributed by atoms with Crippen LogP contribution < -0.4 is 5.32 Å². The van der Waals surface area contributed by atoms with E-state index in [1.807, 2.05) is 60.8 Å². The average Bonchev–Trinajstić information content (AvgIpc) is 3.07. The topological polar surface area (TPSA) is 65.8 Å². The first kappa shape index (κ1) is 15.9. The SMILES string of the molecule is Cc1ccc(-c2csc([C@H](C#N)C(=O)Nc3ccccc3)n2)cc1. The van der Waals surface area contributed by atoms with Crippen molar-refractivity contribution < 1.29 is 4.79 Å². The summed E-state index contributed by atoms with van der Waals surface area (Å²) in [6.07, 6.45) is 0. The molecule has 0 unspecified atom stereocenters. The van der Waals surface area contributed by atoms with Crippen molar-refractivity contribution in [1.29, 1.82) is 5.26 Å². The Morgan fingerprint density at radius 2 is 1.88 bits per heavy atom. The van der Waals surface area contributed by atoms with E-state index in [0.717, 1.165) is 11.3 Å². The Morgan fingerprint density at radius 1 is 1.17 bits per heavy atom. The summed E-state index contributed by atoms with van der Waals surface area (Å²) in [6, 6.07) is 19.1. The molecule has 0 aliphatic rings. The van der Waals surface area contributed by atoms with E-state index in [1.54, 1.807) is 12.1 Å². The molecule has 2 aromatic carbocycles. The van der Waals surface area contributed by atoms with Crippen molar-refractivity contribution in [3.63, 3.8) is 0 Å². The van der Waals surface area contributed by atoms with Gasteiger partial charge in [-0.3, -0.25) is 4.79 Å². The van der Waals surface area contributed by atoms with E-state index in [0.29, 0.717) is 10.7 Å². The standard InChI is InChI=1S/C19H15N3OS/c1-13-7-9-14(10-8-13)17-12-24-19(22-17)16(11-20)18(23)21-15-5-3-2-4-6-15/h2-10,12,16H,1H3,(H,21,23)/t16-/m1/s1. The lowest BCUT2D eigenvalue weighted by atomic mass is 10.1. The molecule has 0 aliphatic heterocycles. The molecular formula is C19H15N3OS. The van der Waals surface area contributed by atoms with Crippen LogP contribution in [0.5, 0.6) is 0 Å². The summed E-state index contributed by atoms with van der Waals surface area (Å²) in [5.74, 6) is -1.29. The zero-order chi connectivity index (χ0) is 16.9. The van der Waals surface area contributed by atoms with Crippen LogP contribution in [0.25, 0.3) is 11.3 Å². The van der Waals surface area contributed by atoms with Crippen LogP contribution in [0.15, 0.2) is 60.0 Å². The van der Waals surface area contributed by atoms with Crippen molar-refractivity contribution in [2.75, 3.05) is 5.32 Å². The van der Waals surface area contributed by atoms with Crippen molar-refractivity contribution in [3.8, 4) is 17.3 Å². The Morgan fingerprint density at radius 3 is 2.54 bits per heavy atom. The number of aromatic nitrogens is 1. The number of hydrogen-bond acceptors (Lipinski definition) is 4. The van der Waals surface area contributed by atoms with Gasteiger partial charge in [0.15, 0.2) is 5.92 Å². The molecule has 1 N–H and O–H groups in total. The molecule has 5 heteroatoms. The van der Waals surface area contributed by atoms with Crippen molar-refractivity contribution >= 4 is 22.9 Å². The number of thiazole rings is 1. The summed E-state index contributed by atoms with van der Waals surface area (Å²) in [7, 11) is 0. The summed E-state index contributed by atoms with van der Waals surface area (Å²) in [4.78, 5) is 16.8. The van der Waals surface area contributed by atoms with Crippen molar-refractivity contribution in [1.82, 2.24) is 4.98 Å². The summed E-state index contributed by atoms with van der Waals surface area (Å²) in [5, 5.41) is 14.5. The highest BCUT2D eigenvalue weighted by molar-refractivity contribution is 7.10. The maximum Gasteiger partial charge on any atom is 0.248 e. The van der Waals surface area contributed by atoms with Gasteiger partial charge in [-0.1, -0.05) is 48.0 Å². The molecule has 0 fully saturated rings. The van der Waals surface area contributed by atoms with E-state index in [9.17, 15) is 10.1 Å². The first-order valence-electron chi connectivity index (χ1n) is 7.45. The lowest BCUT2D eigenvalue weighted by molar-refractivity contribution is -0.116. The minimum absolute atomic E-state index is 0.367. The lowest BCUT2D eigenvalue weighted by Crippen LogP contribution is -2.19. The molecule has 1 aromatic heterocycles. The quantitative estimate of drug-likeness (QED) is 0.771. The fourth-order valence-corrected chi connectivity index (χ4v) is 3.11. The van der Waals surface area contributed by atoms with Gasteiger partial charge in [-0.2, -0.15) is 5.26 Å². The highest BCUT2D eigenvalue weighted by Crippen LogP contribution is 2.27. The van der Waals surface area contributed by atoms with Gasteiger partial charge < -0.3 is 5.32 Å². The van der Waals surface area contributed by atoms with Crippen LogP contribution in [-0.2, 0) is 4.79 Å². The second-order valence-electron chi connectivity index (χ2n) is 5.35. The number of nitriles is 1. The summed E-state index contributed by atoms with van der Waals surface area (Å²) in [5.41, 5.74) is 3.59. The van der Waals surface area contributed by atoms with E-state index in [4.69, 9.17) is 0 Å². The molecule has 3 rings (SSSR count). The van der Waals surface area contributed by atoms with Crippen LogP contribution in [0.3, 0.4) is 0 Å². The summed E-state index contributed by atoms with van der Waals surface area (Å²) < 4.78 is 0. The number of amides is 1. The largest absolute Gasteiger partial charge is 0.325 e. The number of anilines is 1. The smallest absolute Gasteiger partial charge is 0.248 e. The average molecular weight is 333 g/mol. The summed E-state index contributed by atoms with van der Waals surface area (Å²) in [6.45, 7) is 2.02. The van der Waals surface area contributed by atoms with Gasteiger partial charge in [0.05, 0.1) is 11.8 Å². The monoisotopic (exact) mass is 333 g/mol.